The molecule has 104 valence electrons. The van der Waals surface area contributed by atoms with Gasteiger partial charge in [0.1, 0.15) is 5.82 Å². The summed E-state index contributed by atoms with van der Waals surface area (Å²) in [6.45, 7) is 4.04. The van der Waals surface area contributed by atoms with Gasteiger partial charge in [0.25, 0.3) is 0 Å². The van der Waals surface area contributed by atoms with E-state index in [2.05, 4.69) is 36.1 Å². The summed E-state index contributed by atoms with van der Waals surface area (Å²) in [5, 5.41) is 9.42. The summed E-state index contributed by atoms with van der Waals surface area (Å²) in [6, 6.07) is 12.5. The van der Waals surface area contributed by atoms with Gasteiger partial charge in [-0.1, -0.05) is 37.6 Å². The molecule has 1 aliphatic heterocycles. The number of rotatable bonds is 4. The first-order valence-corrected chi connectivity index (χ1v) is 7.22. The Morgan fingerprint density at radius 1 is 1.15 bits per heavy atom. The summed E-state index contributed by atoms with van der Waals surface area (Å²) >= 11 is 0. The van der Waals surface area contributed by atoms with Crippen molar-refractivity contribution in [2.75, 3.05) is 4.90 Å². The fraction of sp³-hybridized carbons (Fsp3) is 0.353. The average Bonchev–Trinajstić information content (AvgIpc) is 2.91. The minimum absolute atomic E-state index is 0.0764. The van der Waals surface area contributed by atoms with Gasteiger partial charge >= 0.3 is 0 Å². The highest BCUT2D eigenvalue weighted by Crippen LogP contribution is 2.27. The molecular formula is C17H20N2O. The van der Waals surface area contributed by atoms with E-state index in [0.29, 0.717) is 0 Å². The van der Waals surface area contributed by atoms with Crippen LogP contribution in [0.2, 0.25) is 0 Å². The number of hydrogen-bond acceptors (Lipinski definition) is 3. The number of aromatic nitrogens is 1. The van der Waals surface area contributed by atoms with Crippen molar-refractivity contribution in [3.8, 4) is 0 Å². The first-order valence-electron chi connectivity index (χ1n) is 7.22. The highest BCUT2D eigenvalue weighted by atomic mass is 16.3. The summed E-state index contributed by atoms with van der Waals surface area (Å²) < 4.78 is 0. The Kier molecular flexibility index (Phi) is 3.70. The molecule has 3 nitrogen and oxygen atoms in total. The zero-order chi connectivity index (χ0) is 13.9. The van der Waals surface area contributed by atoms with Crippen molar-refractivity contribution in [1.29, 1.82) is 0 Å². The van der Waals surface area contributed by atoms with Crippen LogP contribution in [0.4, 0.5) is 5.82 Å². The van der Waals surface area contributed by atoms with Gasteiger partial charge < -0.3 is 10.0 Å². The number of nitrogens with zero attached hydrogens (tertiary/aromatic N) is 2. The van der Waals surface area contributed by atoms with Crippen molar-refractivity contribution in [2.45, 2.75) is 39.5 Å². The Balaban J connectivity index is 1.89. The number of hydrogen-bond donors (Lipinski definition) is 1. The molecule has 0 unspecified atom stereocenters. The Hall–Kier alpha value is -1.87. The van der Waals surface area contributed by atoms with E-state index in [4.69, 9.17) is 4.98 Å². The molecule has 1 aromatic heterocycles. The smallest absolute Gasteiger partial charge is 0.129 e. The molecule has 1 aliphatic rings. The van der Waals surface area contributed by atoms with Gasteiger partial charge in [-0.25, -0.2) is 4.98 Å². The lowest BCUT2D eigenvalue weighted by Crippen LogP contribution is -2.17. The van der Waals surface area contributed by atoms with E-state index in [1.54, 1.807) is 0 Å². The Labute approximate surface area is 119 Å². The molecule has 0 saturated carbocycles. The van der Waals surface area contributed by atoms with Crippen molar-refractivity contribution in [2.24, 2.45) is 0 Å². The molecule has 20 heavy (non-hydrogen) atoms. The van der Waals surface area contributed by atoms with Crippen molar-refractivity contribution >= 4 is 5.82 Å². The van der Waals surface area contributed by atoms with E-state index in [1.807, 2.05) is 12.1 Å². The minimum Gasteiger partial charge on any atom is -0.392 e. The lowest BCUT2D eigenvalue weighted by molar-refractivity contribution is 0.281. The van der Waals surface area contributed by atoms with Crippen LogP contribution in [0, 0.1) is 0 Å². The molecule has 0 bridgehead atoms. The minimum atomic E-state index is 0.0764. The Morgan fingerprint density at radius 2 is 1.85 bits per heavy atom. The standard InChI is InChI=1S/C17H20N2O/c1-2-5-16-8-13(12-20)9-17(18-16)19-10-14-6-3-4-7-15(14)11-19/h3-4,6-9,20H,2,5,10-12H2,1H3. The lowest BCUT2D eigenvalue weighted by Gasteiger charge is -2.18. The number of aliphatic hydroxyl groups excluding tert-OH is 1. The van der Waals surface area contributed by atoms with Gasteiger partial charge in [-0.15, -0.1) is 0 Å². The van der Waals surface area contributed by atoms with Gasteiger partial charge in [0.05, 0.1) is 6.61 Å². The summed E-state index contributed by atoms with van der Waals surface area (Å²) in [4.78, 5) is 7.03. The fourth-order valence-electron chi connectivity index (χ4n) is 2.77. The third-order valence-electron chi connectivity index (χ3n) is 3.78. The molecule has 0 radical (unpaired) electrons. The summed E-state index contributed by atoms with van der Waals surface area (Å²) in [7, 11) is 0. The van der Waals surface area contributed by atoms with Crippen LogP contribution in [0.1, 0.15) is 35.7 Å². The average molecular weight is 268 g/mol. The molecule has 3 rings (SSSR count). The molecule has 0 saturated heterocycles. The predicted molar refractivity (Wildman–Crippen MR) is 80.5 cm³/mol. The molecule has 0 aliphatic carbocycles. The zero-order valence-electron chi connectivity index (χ0n) is 11.8. The van der Waals surface area contributed by atoms with Crippen LogP contribution >= 0.6 is 0 Å². The normalized spacial score (nSPS) is 13.6. The summed E-state index contributed by atoms with van der Waals surface area (Å²) in [5.74, 6) is 0.983. The van der Waals surface area contributed by atoms with E-state index in [-0.39, 0.29) is 6.61 Å². The van der Waals surface area contributed by atoms with Crippen molar-refractivity contribution in [3.63, 3.8) is 0 Å². The van der Waals surface area contributed by atoms with Crippen LogP contribution in [0.5, 0.6) is 0 Å². The Morgan fingerprint density at radius 3 is 2.45 bits per heavy atom. The SMILES string of the molecule is CCCc1cc(CO)cc(N2Cc3ccccc3C2)n1. The van der Waals surface area contributed by atoms with Gasteiger partial charge in [-0.3, -0.25) is 0 Å². The molecule has 2 aromatic rings. The summed E-state index contributed by atoms with van der Waals surface area (Å²) in [5.41, 5.74) is 4.78. The first kappa shape index (κ1) is 13.1. The van der Waals surface area contributed by atoms with Crippen molar-refractivity contribution < 1.29 is 5.11 Å². The number of aliphatic hydroxyl groups is 1. The number of fused-ring (bicyclic) bond motifs is 1. The van der Waals surface area contributed by atoms with Crippen LogP contribution in [0.25, 0.3) is 0 Å². The largest absolute Gasteiger partial charge is 0.392 e. The molecule has 1 aromatic carbocycles. The van der Waals surface area contributed by atoms with Gasteiger partial charge in [0, 0.05) is 18.8 Å². The molecule has 0 amide bonds. The number of aryl methyl sites for hydroxylation is 1. The summed E-state index contributed by atoms with van der Waals surface area (Å²) in [6.07, 6.45) is 2.03. The second-order valence-corrected chi connectivity index (χ2v) is 5.36. The van der Waals surface area contributed by atoms with E-state index in [1.165, 1.54) is 11.1 Å². The maximum atomic E-state index is 9.42. The van der Waals surface area contributed by atoms with E-state index < -0.39 is 0 Å². The first-order chi connectivity index (χ1) is 9.80. The number of benzene rings is 1. The molecule has 2 heterocycles. The van der Waals surface area contributed by atoms with Crippen LogP contribution in [0.3, 0.4) is 0 Å². The number of anilines is 1. The molecule has 0 atom stereocenters. The van der Waals surface area contributed by atoms with Gasteiger partial charge in [-0.2, -0.15) is 0 Å². The zero-order valence-corrected chi connectivity index (χ0v) is 11.8. The maximum absolute atomic E-state index is 9.42. The van der Waals surface area contributed by atoms with Crippen LogP contribution < -0.4 is 4.90 Å². The highest BCUT2D eigenvalue weighted by Gasteiger charge is 2.20. The fourth-order valence-corrected chi connectivity index (χ4v) is 2.77. The van der Waals surface area contributed by atoms with Gasteiger partial charge in [0.15, 0.2) is 0 Å². The monoisotopic (exact) mass is 268 g/mol. The van der Waals surface area contributed by atoms with Gasteiger partial charge in [0.2, 0.25) is 0 Å². The molecule has 1 N–H and O–H groups in total. The predicted octanol–water partition coefficient (Wildman–Crippen LogP) is 3.05. The van der Waals surface area contributed by atoms with Crippen LogP contribution in [-0.2, 0) is 26.1 Å². The maximum Gasteiger partial charge on any atom is 0.129 e. The van der Waals surface area contributed by atoms with Crippen LogP contribution in [0.15, 0.2) is 36.4 Å². The van der Waals surface area contributed by atoms with E-state index in [0.717, 1.165) is 43.0 Å². The highest BCUT2D eigenvalue weighted by molar-refractivity contribution is 5.49. The van der Waals surface area contributed by atoms with Crippen molar-refractivity contribution in [1.82, 2.24) is 4.98 Å². The number of pyridine rings is 1. The third-order valence-corrected chi connectivity index (χ3v) is 3.78. The van der Waals surface area contributed by atoms with E-state index in [9.17, 15) is 5.11 Å². The molecular weight excluding hydrogens is 248 g/mol. The second kappa shape index (κ2) is 5.63. The van der Waals surface area contributed by atoms with Crippen molar-refractivity contribution in [3.05, 3.63) is 58.8 Å². The second-order valence-electron chi connectivity index (χ2n) is 5.36. The quantitative estimate of drug-likeness (QED) is 0.926. The topological polar surface area (TPSA) is 36.4 Å². The molecule has 0 fully saturated rings. The Bertz CT molecular complexity index is 585. The van der Waals surface area contributed by atoms with Crippen LogP contribution in [-0.4, -0.2) is 10.1 Å². The molecule has 0 spiro atoms. The van der Waals surface area contributed by atoms with E-state index >= 15 is 0 Å². The third kappa shape index (κ3) is 2.54. The molecule has 3 heteroatoms. The van der Waals surface area contributed by atoms with Gasteiger partial charge in [-0.05, 0) is 35.2 Å². The lowest BCUT2D eigenvalue weighted by atomic mass is 10.1.